The van der Waals surface area contributed by atoms with Crippen LogP contribution in [-0.4, -0.2) is 35.8 Å². The maximum Gasteiger partial charge on any atom is 0.225 e. The smallest absolute Gasteiger partial charge is 0.225 e. The topological polar surface area (TPSA) is 38.2 Å². The average Bonchev–Trinajstić information content (AvgIpc) is 2.20. The number of hydrogen-bond donors (Lipinski definition) is 0. The molecule has 0 saturated carbocycles. The third-order valence-electron chi connectivity index (χ3n) is 2.23. The fourth-order valence-corrected chi connectivity index (χ4v) is 1.76. The molecule has 2 rings (SSSR count). The Morgan fingerprint density at radius 3 is 2.86 bits per heavy atom. The lowest BCUT2D eigenvalue weighted by molar-refractivity contribution is 0.0981. The highest BCUT2D eigenvalue weighted by atomic mass is 127. The predicted octanol–water partition coefficient (Wildman–Crippen LogP) is 1.31. The van der Waals surface area contributed by atoms with Crippen LogP contribution in [0.15, 0.2) is 12.4 Å². The minimum atomic E-state index is 0.365. The molecular formula is C9H12IN3O. The standard InChI is InChI=1S/C9H12IN3O/c1-7-6-14-3-2-13(7)9-11-4-8(10)5-12-9/h4-5,7H,2-3,6H2,1H3. The second-order valence-electron chi connectivity index (χ2n) is 3.32. The van der Waals surface area contributed by atoms with Gasteiger partial charge in [-0.2, -0.15) is 0 Å². The summed E-state index contributed by atoms with van der Waals surface area (Å²) in [6.45, 7) is 4.53. The molecule has 1 aliphatic heterocycles. The SMILES string of the molecule is CC1COCCN1c1ncc(I)cn1. The molecule has 76 valence electrons. The van der Waals surface area contributed by atoms with Crippen molar-refractivity contribution in [3.63, 3.8) is 0 Å². The molecule has 4 nitrogen and oxygen atoms in total. The molecule has 1 atom stereocenters. The van der Waals surface area contributed by atoms with Crippen LogP contribution in [0.25, 0.3) is 0 Å². The van der Waals surface area contributed by atoms with E-state index in [1.54, 1.807) is 0 Å². The van der Waals surface area contributed by atoms with Gasteiger partial charge in [0.05, 0.1) is 19.3 Å². The van der Waals surface area contributed by atoms with Crippen molar-refractivity contribution in [1.29, 1.82) is 0 Å². The summed E-state index contributed by atoms with van der Waals surface area (Å²) in [6.07, 6.45) is 3.68. The van der Waals surface area contributed by atoms with E-state index in [1.807, 2.05) is 12.4 Å². The monoisotopic (exact) mass is 305 g/mol. The molecule has 5 heteroatoms. The van der Waals surface area contributed by atoms with Gasteiger partial charge >= 0.3 is 0 Å². The molecule has 1 saturated heterocycles. The molecule has 0 bridgehead atoms. The van der Waals surface area contributed by atoms with Crippen molar-refractivity contribution in [3.8, 4) is 0 Å². The fourth-order valence-electron chi connectivity index (χ4n) is 1.48. The number of rotatable bonds is 1. The average molecular weight is 305 g/mol. The first kappa shape index (κ1) is 10.1. The second-order valence-corrected chi connectivity index (χ2v) is 4.56. The summed E-state index contributed by atoms with van der Waals surface area (Å²) < 4.78 is 6.42. The lowest BCUT2D eigenvalue weighted by Crippen LogP contribution is -2.44. The van der Waals surface area contributed by atoms with E-state index < -0.39 is 0 Å². The van der Waals surface area contributed by atoms with Crippen LogP contribution in [0, 0.1) is 3.57 Å². The summed E-state index contributed by atoms with van der Waals surface area (Å²) in [5.41, 5.74) is 0. The van der Waals surface area contributed by atoms with Crippen molar-refractivity contribution in [3.05, 3.63) is 16.0 Å². The largest absolute Gasteiger partial charge is 0.377 e. The Bertz CT molecular complexity index is 303. The highest BCUT2D eigenvalue weighted by Crippen LogP contribution is 2.14. The Morgan fingerprint density at radius 2 is 2.21 bits per heavy atom. The lowest BCUT2D eigenvalue weighted by atomic mass is 10.3. The predicted molar refractivity (Wildman–Crippen MR) is 62.4 cm³/mol. The van der Waals surface area contributed by atoms with Crippen LogP contribution in [0.5, 0.6) is 0 Å². The molecule has 1 aliphatic rings. The van der Waals surface area contributed by atoms with Crippen LogP contribution < -0.4 is 4.90 Å². The van der Waals surface area contributed by atoms with Gasteiger partial charge in [-0.25, -0.2) is 9.97 Å². The molecule has 0 aromatic carbocycles. The normalized spacial score (nSPS) is 22.4. The van der Waals surface area contributed by atoms with Crippen LogP contribution in [-0.2, 0) is 4.74 Å². The quantitative estimate of drug-likeness (QED) is 0.733. The lowest BCUT2D eigenvalue weighted by Gasteiger charge is -2.33. The van der Waals surface area contributed by atoms with Crippen LogP contribution in [0.3, 0.4) is 0 Å². The van der Waals surface area contributed by atoms with Gasteiger partial charge in [0, 0.05) is 22.5 Å². The van der Waals surface area contributed by atoms with E-state index in [1.165, 1.54) is 0 Å². The Hall–Kier alpha value is -0.430. The highest BCUT2D eigenvalue weighted by molar-refractivity contribution is 14.1. The molecule has 0 radical (unpaired) electrons. The molecule has 1 aromatic heterocycles. The third-order valence-corrected chi connectivity index (χ3v) is 2.79. The fraction of sp³-hybridized carbons (Fsp3) is 0.556. The van der Waals surface area contributed by atoms with Crippen molar-refractivity contribution < 1.29 is 4.74 Å². The summed E-state index contributed by atoms with van der Waals surface area (Å²) in [4.78, 5) is 10.8. The molecule has 1 aromatic rings. The van der Waals surface area contributed by atoms with Crippen molar-refractivity contribution in [2.45, 2.75) is 13.0 Å². The zero-order valence-corrected chi connectivity index (χ0v) is 10.1. The zero-order valence-electron chi connectivity index (χ0n) is 7.98. The Labute approximate surface area is 96.8 Å². The van der Waals surface area contributed by atoms with Crippen LogP contribution in [0.1, 0.15) is 6.92 Å². The van der Waals surface area contributed by atoms with E-state index in [0.717, 1.165) is 29.3 Å². The molecule has 0 N–H and O–H groups in total. The number of aromatic nitrogens is 2. The molecule has 0 aliphatic carbocycles. The maximum atomic E-state index is 5.36. The van der Waals surface area contributed by atoms with E-state index >= 15 is 0 Å². The van der Waals surface area contributed by atoms with Gasteiger partial charge in [0.15, 0.2) is 0 Å². The summed E-state index contributed by atoms with van der Waals surface area (Å²) in [5, 5.41) is 0. The summed E-state index contributed by atoms with van der Waals surface area (Å²) in [5.74, 6) is 0.807. The van der Waals surface area contributed by atoms with Gasteiger partial charge in [0.25, 0.3) is 0 Å². The van der Waals surface area contributed by atoms with Crippen molar-refractivity contribution in [1.82, 2.24) is 9.97 Å². The number of nitrogens with zero attached hydrogens (tertiary/aromatic N) is 3. The highest BCUT2D eigenvalue weighted by Gasteiger charge is 2.20. The molecule has 0 amide bonds. The van der Waals surface area contributed by atoms with Gasteiger partial charge in [-0.05, 0) is 29.5 Å². The number of hydrogen-bond acceptors (Lipinski definition) is 4. The first-order chi connectivity index (χ1) is 6.77. The number of morpholine rings is 1. The molecule has 2 heterocycles. The Morgan fingerprint density at radius 1 is 1.50 bits per heavy atom. The Kier molecular flexibility index (Phi) is 3.17. The van der Waals surface area contributed by atoms with E-state index in [9.17, 15) is 0 Å². The Balaban J connectivity index is 2.16. The first-order valence-electron chi connectivity index (χ1n) is 4.59. The van der Waals surface area contributed by atoms with Crippen LogP contribution >= 0.6 is 22.6 Å². The zero-order chi connectivity index (χ0) is 9.97. The molecule has 0 spiro atoms. The van der Waals surface area contributed by atoms with Gasteiger partial charge < -0.3 is 9.64 Å². The molecule has 14 heavy (non-hydrogen) atoms. The first-order valence-corrected chi connectivity index (χ1v) is 5.67. The minimum Gasteiger partial charge on any atom is -0.377 e. The van der Waals surface area contributed by atoms with Gasteiger partial charge in [-0.15, -0.1) is 0 Å². The molecule has 1 unspecified atom stereocenters. The molecule has 1 fully saturated rings. The number of anilines is 1. The van der Waals surface area contributed by atoms with Crippen LogP contribution in [0.4, 0.5) is 5.95 Å². The molecular weight excluding hydrogens is 293 g/mol. The summed E-state index contributed by atoms with van der Waals surface area (Å²) in [6, 6.07) is 0.365. The summed E-state index contributed by atoms with van der Waals surface area (Å²) >= 11 is 2.20. The van der Waals surface area contributed by atoms with Gasteiger partial charge in [-0.1, -0.05) is 0 Å². The summed E-state index contributed by atoms with van der Waals surface area (Å²) in [7, 11) is 0. The number of halogens is 1. The van der Waals surface area contributed by atoms with Gasteiger partial charge in [0.1, 0.15) is 0 Å². The number of ether oxygens (including phenoxy) is 1. The second kappa shape index (κ2) is 4.39. The van der Waals surface area contributed by atoms with E-state index in [2.05, 4.69) is 44.4 Å². The van der Waals surface area contributed by atoms with Crippen LogP contribution in [0.2, 0.25) is 0 Å². The van der Waals surface area contributed by atoms with Gasteiger partial charge in [-0.3, -0.25) is 0 Å². The van der Waals surface area contributed by atoms with Crippen molar-refractivity contribution >= 4 is 28.5 Å². The third kappa shape index (κ3) is 2.14. The maximum absolute atomic E-state index is 5.36. The van der Waals surface area contributed by atoms with E-state index in [-0.39, 0.29) is 0 Å². The van der Waals surface area contributed by atoms with Gasteiger partial charge in [0.2, 0.25) is 5.95 Å². The van der Waals surface area contributed by atoms with Crippen molar-refractivity contribution in [2.24, 2.45) is 0 Å². The van der Waals surface area contributed by atoms with Crippen molar-refractivity contribution in [2.75, 3.05) is 24.7 Å². The van der Waals surface area contributed by atoms with E-state index in [4.69, 9.17) is 4.74 Å². The minimum absolute atomic E-state index is 0.365. The van der Waals surface area contributed by atoms with E-state index in [0.29, 0.717) is 6.04 Å².